The summed E-state index contributed by atoms with van der Waals surface area (Å²) in [6, 6.07) is 55.0. The summed E-state index contributed by atoms with van der Waals surface area (Å²) in [6.45, 7) is 0. The van der Waals surface area contributed by atoms with E-state index in [1.54, 1.807) is 0 Å². The summed E-state index contributed by atoms with van der Waals surface area (Å²) in [6.07, 6.45) is 5.33. The van der Waals surface area contributed by atoms with Gasteiger partial charge in [0.2, 0.25) is 0 Å². The molecule has 240 valence electrons. The van der Waals surface area contributed by atoms with Gasteiger partial charge in [-0.25, -0.2) is 15.0 Å². The van der Waals surface area contributed by atoms with Crippen molar-refractivity contribution in [1.82, 2.24) is 15.0 Å². The van der Waals surface area contributed by atoms with Gasteiger partial charge in [0.25, 0.3) is 0 Å². The molecule has 0 fully saturated rings. The lowest BCUT2D eigenvalue weighted by Gasteiger charge is -2.21. The molecule has 0 amide bonds. The van der Waals surface area contributed by atoms with Crippen LogP contribution in [-0.2, 0) is 6.42 Å². The zero-order chi connectivity index (χ0) is 33.7. The molecule has 10 rings (SSSR count). The summed E-state index contributed by atoms with van der Waals surface area (Å²) in [4.78, 5) is 15.5. The fraction of sp³-hybridized carbons (Fsp3) is 0.0426. The molecular weight excluding hydrogens is 623 g/mol. The van der Waals surface area contributed by atoms with Crippen LogP contribution in [0.5, 0.6) is 0 Å². The Balaban J connectivity index is 1.09. The first-order valence-electron chi connectivity index (χ1n) is 17.4. The fourth-order valence-electron chi connectivity index (χ4n) is 7.51. The van der Waals surface area contributed by atoms with Gasteiger partial charge in [0.1, 0.15) is 17.0 Å². The summed E-state index contributed by atoms with van der Waals surface area (Å²) < 4.78 is 6.22. The first kappa shape index (κ1) is 29.3. The number of aromatic nitrogens is 3. The van der Waals surface area contributed by atoms with Crippen LogP contribution in [0.25, 0.3) is 83.8 Å². The van der Waals surface area contributed by atoms with E-state index in [1.807, 2.05) is 24.3 Å². The number of fused-ring (bicyclic) bond motifs is 6. The van der Waals surface area contributed by atoms with Gasteiger partial charge in [-0.2, -0.15) is 0 Å². The van der Waals surface area contributed by atoms with Crippen LogP contribution in [0.2, 0.25) is 0 Å². The molecule has 0 saturated carbocycles. The predicted octanol–water partition coefficient (Wildman–Crippen LogP) is 11.9. The summed E-state index contributed by atoms with van der Waals surface area (Å²) in [5.41, 5.74) is 10.8. The van der Waals surface area contributed by atoms with Crippen LogP contribution >= 0.6 is 0 Å². The van der Waals surface area contributed by atoms with E-state index in [0.717, 1.165) is 62.0 Å². The van der Waals surface area contributed by atoms with Crippen molar-refractivity contribution in [2.24, 2.45) is 0 Å². The molecular formula is C47H31N3O. The van der Waals surface area contributed by atoms with Crippen LogP contribution in [0.3, 0.4) is 0 Å². The monoisotopic (exact) mass is 653 g/mol. The largest absolute Gasteiger partial charge is 0.456 e. The van der Waals surface area contributed by atoms with Gasteiger partial charge in [-0.15, -0.1) is 0 Å². The number of rotatable bonds is 5. The molecule has 7 aromatic carbocycles. The van der Waals surface area contributed by atoms with Crippen molar-refractivity contribution >= 4 is 38.8 Å². The molecule has 4 heteroatoms. The van der Waals surface area contributed by atoms with Crippen LogP contribution in [0.4, 0.5) is 0 Å². The van der Waals surface area contributed by atoms with Crippen molar-refractivity contribution in [2.45, 2.75) is 12.3 Å². The Bertz CT molecular complexity index is 2780. The third kappa shape index (κ3) is 5.20. The molecule has 51 heavy (non-hydrogen) atoms. The zero-order valence-corrected chi connectivity index (χ0v) is 27.7. The second kappa shape index (κ2) is 12.0. The molecule has 4 nitrogen and oxygen atoms in total. The summed E-state index contributed by atoms with van der Waals surface area (Å²) >= 11 is 0. The number of furan rings is 1. The number of nitrogens with zero attached hydrogens (tertiary/aromatic N) is 3. The lowest BCUT2D eigenvalue weighted by molar-refractivity contribution is 0.669. The standard InChI is InChI=1S/C47H31N3O/c1-2-10-30(11-3-1)31-20-23-33(24-21-31)45-48-46(50-47(49-45)37-26-27-39-35(29-37)25-22-32-12-4-5-15-38(32)39)36-14-8-13-34(28-36)40-17-9-19-43-44(40)41-16-6-7-18-42(41)51-43/h1-28,37H,29H2. The van der Waals surface area contributed by atoms with E-state index >= 15 is 0 Å². The number of allylic oxidation sites excluding steroid dienone is 1. The summed E-state index contributed by atoms with van der Waals surface area (Å²) in [5, 5.41) is 4.74. The fourth-order valence-corrected chi connectivity index (χ4v) is 7.51. The Hall–Kier alpha value is -6.65. The molecule has 1 aliphatic carbocycles. The van der Waals surface area contributed by atoms with Gasteiger partial charge in [0.05, 0.1) is 0 Å². The highest BCUT2D eigenvalue weighted by atomic mass is 16.3. The van der Waals surface area contributed by atoms with Crippen LogP contribution in [-0.4, -0.2) is 15.0 Å². The molecule has 2 heterocycles. The smallest absolute Gasteiger partial charge is 0.163 e. The van der Waals surface area contributed by atoms with E-state index in [9.17, 15) is 0 Å². The van der Waals surface area contributed by atoms with Crippen molar-refractivity contribution in [2.75, 3.05) is 0 Å². The van der Waals surface area contributed by atoms with Gasteiger partial charge in [-0.3, -0.25) is 0 Å². The highest BCUT2D eigenvalue weighted by molar-refractivity contribution is 6.12. The quantitative estimate of drug-likeness (QED) is 0.185. The molecule has 0 spiro atoms. The molecule has 0 radical (unpaired) electrons. The molecule has 2 aromatic heterocycles. The first-order valence-corrected chi connectivity index (χ1v) is 17.4. The van der Waals surface area contributed by atoms with Crippen molar-refractivity contribution in [3.63, 3.8) is 0 Å². The lowest BCUT2D eigenvalue weighted by Crippen LogP contribution is -2.12. The van der Waals surface area contributed by atoms with Gasteiger partial charge < -0.3 is 4.42 Å². The van der Waals surface area contributed by atoms with Crippen molar-refractivity contribution in [3.8, 4) is 45.0 Å². The molecule has 1 unspecified atom stereocenters. The van der Waals surface area contributed by atoms with E-state index in [4.69, 9.17) is 19.4 Å². The second-order valence-electron chi connectivity index (χ2n) is 13.2. The highest BCUT2D eigenvalue weighted by Gasteiger charge is 2.22. The average molecular weight is 654 g/mol. The Labute approximate surface area is 295 Å². The maximum absolute atomic E-state index is 6.22. The molecule has 0 bridgehead atoms. The first-order chi connectivity index (χ1) is 25.2. The van der Waals surface area contributed by atoms with Crippen LogP contribution in [0, 0.1) is 0 Å². The van der Waals surface area contributed by atoms with Crippen LogP contribution in [0.15, 0.2) is 168 Å². The topological polar surface area (TPSA) is 51.8 Å². The molecule has 0 N–H and O–H groups in total. The van der Waals surface area contributed by atoms with Crippen molar-refractivity contribution in [3.05, 3.63) is 181 Å². The average Bonchev–Trinajstić information content (AvgIpc) is 3.60. The van der Waals surface area contributed by atoms with Crippen molar-refractivity contribution < 1.29 is 4.42 Å². The van der Waals surface area contributed by atoms with E-state index in [0.29, 0.717) is 11.6 Å². The maximum atomic E-state index is 6.22. The van der Waals surface area contributed by atoms with E-state index in [-0.39, 0.29) is 5.92 Å². The Morgan fingerprint density at radius 2 is 1.16 bits per heavy atom. The second-order valence-corrected chi connectivity index (χ2v) is 13.2. The lowest BCUT2D eigenvalue weighted by atomic mass is 9.86. The Morgan fingerprint density at radius 3 is 2.04 bits per heavy atom. The molecule has 0 aliphatic heterocycles. The molecule has 0 saturated heterocycles. The van der Waals surface area contributed by atoms with E-state index in [1.165, 1.54) is 27.5 Å². The number of hydrogen-bond acceptors (Lipinski definition) is 4. The third-order valence-corrected chi connectivity index (χ3v) is 10.1. The highest BCUT2D eigenvalue weighted by Crippen LogP contribution is 2.38. The van der Waals surface area contributed by atoms with E-state index in [2.05, 4.69) is 146 Å². The van der Waals surface area contributed by atoms with Gasteiger partial charge in [-0.1, -0.05) is 152 Å². The predicted molar refractivity (Wildman–Crippen MR) is 208 cm³/mol. The molecule has 1 aliphatic rings. The van der Waals surface area contributed by atoms with Crippen molar-refractivity contribution in [1.29, 1.82) is 0 Å². The number of benzene rings is 7. The minimum absolute atomic E-state index is 0.0111. The zero-order valence-electron chi connectivity index (χ0n) is 27.7. The van der Waals surface area contributed by atoms with Gasteiger partial charge >= 0.3 is 0 Å². The maximum Gasteiger partial charge on any atom is 0.163 e. The summed E-state index contributed by atoms with van der Waals surface area (Å²) in [7, 11) is 0. The normalized spacial score (nSPS) is 13.9. The van der Waals surface area contributed by atoms with Gasteiger partial charge in [-0.05, 0) is 68.8 Å². The number of para-hydroxylation sites is 1. The third-order valence-electron chi connectivity index (χ3n) is 10.1. The van der Waals surface area contributed by atoms with Crippen LogP contribution < -0.4 is 0 Å². The molecule has 1 atom stereocenters. The minimum Gasteiger partial charge on any atom is -0.456 e. The summed E-state index contributed by atoms with van der Waals surface area (Å²) in [5.74, 6) is 2.11. The minimum atomic E-state index is 0.0111. The van der Waals surface area contributed by atoms with E-state index < -0.39 is 0 Å². The Morgan fingerprint density at radius 1 is 0.490 bits per heavy atom. The Kier molecular flexibility index (Phi) is 6.91. The van der Waals surface area contributed by atoms with Crippen LogP contribution in [0.1, 0.15) is 22.9 Å². The number of hydrogen-bond donors (Lipinski definition) is 0. The SMILES string of the molecule is C1=CC(c2nc(-c3ccc(-c4ccccc4)cc3)nc(-c3cccc(-c4cccc5oc6ccccc6c45)c3)n2)Cc2ccc3ccccc3c21. The van der Waals surface area contributed by atoms with Gasteiger partial charge in [0, 0.05) is 27.8 Å². The molecule has 9 aromatic rings. The van der Waals surface area contributed by atoms with Gasteiger partial charge in [0.15, 0.2) is 11.6 Å².